The first-order valence-corrected chi connectivity index (χ1v) is 9.54. The number of halogens is 1. The molecule has 2 N–H and O–H groups in total. The first-order valence-electron chi connectivity index (χ1n) is 9.54. The second-order valence-corrected chi connectivity index (χ2v) is 7.59. The van der Waals surface area contributed by atoms with Crippen molar-refractivity contribution in [1.29, 1.82) is 0 Å². The number of rotatable bonds is 7. The van der Waals surface area contributed by atoms with Crippen molar-refractivity contribution in [2.24, 2.45) is 11.7 Å². The SMILES string of the molecule is NC(=O)C[C@]1(COc2ccc(F)cc2)CN(C(=O)CC2CCCC2)CCO1. The highest BCUT2D eigenvalue weighted by Crippen LogP contribution is 2.30. The highest BCUT2D eigenvalue weighted by atomic mass is 19.1. The summed E-state index contributed by atoms with van der Waals surface area (Å²) in [4.78, 5) is 26.1. The maximum Gasteiger partial charge on any atom is 0.223 e. The third-order valence-corrected chi connectivity index (χ3v) is 5.35. The number of hydrogen-bond donors (Lipinski definition) is 1. The molecule has 0 spiro atoms. The van der Waals surface area contributed by atoms with Crippen LogP contribution in [-0.4, -0.2) is 48.6 Å². The van der Waals surface area contributed by atoms with E-state index in [0.29, 0.717) is 31.2 Å². The number of hydrogen-bond acceptors (Lipinski definition) is 4. The minimum atomic E-state index is -0.982. The molecule has 1 aromatic carbocycles. The minimum Gasteiger partial charge on any atom is -0.490 e. The molecular formula is C20H27FN2O4. The largest absolute Gasteiger partial charge is 0.490 e. The van der Waals surface area contributed by atoms with E-state index in [4.69, 9.17) is 15.2 Å². The Labute approximate surface area is 158 Å². The molecule has 1 aromatic rings. The fourth-order valence-electron chi connectivity index (χ4n) is 3.96. The van der Waals surface area contributed by atoms with E-state index >= 15 is 0 Å². The van der Waals surface area contributed by atoms with Gasteiger partial charge in [-0.05, 0) is 43.0 Å². The van der Waals surface area contributed by atoms with Gasteiger partial charge in [-0.15, -0.1) is 0 Å². The Morgan fingerprint density at radius 1 is 1.26 bits per heavy atom. The molecule has 148 valence electrons. The molecule has 1 heterocycles. The van der Waals surface area contributed by atoms with E-state index in [0.717, 1.165) is 12.8 Å². The van der Waals surface area contributed by atoms with Crippen LogP contribution in [0, 0.1) is 11.7 Å². The van der Waals surface area contributed by atoms with Crippen LogP contribution in [0.25, 0.3) is 0 Å². The number of primary amides is 1. The average Bonchev–Trinajstić information content (AvgIpc) is 3.14. The molecule has 2 amide bonds. The Bertz CT molecular complexity index is 660. The Morgan fingerprint density at radius 3 is 2.63 bits per heavy atom. The summed E-state index contributed by atoms with van der Waals surface area (Å²) in [7, 11) is 0. The molecule has 1 atom stereocenters. The summed E-state index contributed by atoms with van der Waals surface area (Å²) >= 11 is 0. The average molecular weight is 378 g/mol. The summed E-state index contributed by atoms with van der Waals surface area (Å²) in [6, 6.07) is 5.63. The van der Waals surface area contributed by atoms with Gasteiger partial charge in [0.05, 0.1) is 19.6 Å². The topological polar surface area (TPSA) is 81.9 Å². The standard InChI is InChI=1S/C20H27FN2O4/c21-16-5-7-17(8-6-16)26-14-20(12-18(22)24)13-23(9-10-27-20)19(25)11-15-3-1-2-4-15/h5-8,15H,1-4,9-14H2,(H2,22,24)/t20-/m1/s1. The lowest BCUT2D eigenvalue weighted by atomic mass is 9.96. The van der Waals surface area contributed by atoms with Crippen molar-refractivity contribution < 1.29 is 23.5 Å². The first-order chi connectivity index (χ1) is 13.0. The van der Waals surface area contributed by atoms with E-state index in [-0.39, 0.29) is 31.3 Å². The second kappa shape index (κ2) is 8.69. The zero-order chi connectivity index (χ0) is 19.3. The number of nitrogens with zero attached hydrogens (tertiary/aromatic N) is 1. The number of carbonyl (C=O) groups excluding carboxylic acids is 2. The van der Waals surface area contributed by atoms with Crippen molar-refractivity contribution in [2.45, 2.75) is 44.1 Å². The van der Waals surface area contributed by atoms with Crippen LogP contribution < -0.4 is 10.5 Å². The highest BCUT2D eigenvalue weighted by molar-refractivity contribution is 5.78. The second-order valence-electron chi connectivity index (χ2n) is 7.59. The Balaban J connectivity index is 1.65. The monoisotopic (exact) mass is 378 g/mol. The van der Waals surface area contributed by atoms with Crippen LogP contribution >= 0.6 is 0 Å². The number of carbonyl (C=O) groups is 2. The van der Waals surface area contributed by atoms with Crippen molar-refractivity contribution in [3.63, 3.8) is 0 Å². The van der Waals surface area contributed by atoms with Crippen LogP contribution in [0.3, 0.4) is 0 Å². The summed E-state index contributed by atoms with van der Waals surface area (Å²) in [5.74, 6) is 0.162. The maximum atomic E-state index is 13.1. The number of benzene rings is 1. The van der Waals surface area contributed by atoms with Crippen LogP contribution in [0.1, 0.15) is 38.5 Å². The molecule has 2 aliphatic rings. The summed E-state index contributed by atoms with van der Waals surface area (Å²) in [6.45, 7) is 1.16. The molecular weight excluding hydrogens is 351 g/mol. The summed E-state index contributed by atoms with van der Waals surface area (Å²) in [5.41, 5.74) is 4.44. The van der Waals surface area contributed by atoms with Gasteiger partial charge in [0, 0.05) is 13.0 Å². The van der Waals surface area contributed by atoms with Crippen LogP contribution in [0.5, 0.6) is 5.75 Å². The van der Waals surface area contributed by atoms with Crippen LogP contribution in [-0.2, 0) is 14.3 Å². The number of morpholine rings is 1. The van der Waals surface area contributed by atoms with Gasteiger partial charge in [-0.25, -0.2) is 4.39 Å². The molecule has 1 aliphatic carbocycles. The first kappa shape index (κ1) is 19.6. The molecule has 0 radical (unpaired) electrons. The lowest BCUT2D eigenvalue weighted by Crippen LogP contribution is -2.58. The lowest BCUT2D eigenvalue weighted by molar-refractivity contribution is -0.162. The van der Waals surface area contributed by atoms with Crippen molar-refractivity contribution >= 4 is 11.8 Å². The fourth-order valence-corrected chi connectivity index (χ4v) is 3.96. The Hall–Kier alpha value is -2.15. The van der Waals surface area contributed by atoms with Crippen molar-refractivity contribution in [3.05, 3.63) is 30.1 Å². The van der Waals surface area contributed by atoms with E-state index in [9.17, 15) is 14.0 Å². The molecule has 6 nitrogen and oxygen atoms in total. The zero-order valence-corrected chi connectivity index (χ0v) is 15.5. The van der Waals surface area contributed by atoms with E-state index < -0.39 is 11.5 Å². The number of nitrogens with two attached hydrogens (primary N) is 1. The van der Waals surface area contributed by atoms with Gasteiger partial charge in [0.15, 0.2) is 0 Å². The molecule has 27 heavy (non-hydrogen) atoms. The molecule has 0 unspecified atom stereocenters. The Morgan fingerprint density at radius 2 is 1.96 bits per heavy atom. The fraction of sp³-hybridized carbons (Fsp3) is 0.600. The summed E-state index contributed by atoms with van der Waals surface area (Å²) in [5, 5.41) is 0. The maximum absolute atomic E-state index is 13.1. The van der Waals surface area contributed by atoms with Crippen LogP contribution in [0.2, 0.25) is 0 Å². The van der Waals surface area contributed by atoms with Gasteiger partial charge in [-0.3, -0.25) is 9.59 Å². The number of amides is 2. The third kappa shape index (κ3) is 5.42. The zero-order valence-electron chi connectivity index (χ0n) is 15.5. The normalized spacial score (nSPS) is 23.4. The van der Waals surface area contributed by atoms with Gasteiger partial charge in [-0.1, -0.05) is 12.8 Å². The van der Waals surface area contributed by atoms with E-state index in [1.165, 1.54) is 37.1 Å². The van der Waals surface area contributed by atoms with Gasteiger partial charge >= 0.3 is 0 Å². The molecule has 7 heteroatoms. The molecule has 1 saturated carbocycles. The molecule has 0 aromatic heterocycles. The van der Waals surface area contributed by atoms with Crippen molar-refractivity contribution in [3.8, 4) is 5.75 Å². The Kier molecular flexibility index (Phi) is 6.31. The van der Waals surface area contributed by atoms with E-state index in [1.807, 2.05) is 0 Å². The van der Waals surface area contributed by atoms with Gasteiger partial charge < -0.3 is 20.1 Å². The van der Waals surface area contributed by atoms with E-state index in [2.05, 4.69) is 0 Å². The quantitative estimate of drug-likeness (QED) is 0.789. The van der Waals surface area contributed by atoms with Gasteiger partial charge in [0.2, 0.25) is 11.8 Å². The van der Waals surface area contributed by atoms with Gasteiger partial charge in [0.1, 0.15) is 23.8 Å². The van der Waals surface area contributed by atoms with Gasteiger partial charge in [0.25, 0.3) is 0 Å². The van der Waals surface area contributed by atoms with Crippen LogP contribution in [0.15, 0.2) is 24.3 Å². The summed E-state index contributed by atoms with van der Waals surface area (Å²) < 4.78 is 24.7. The predicted molar refractivity (Wildman–Crippen MR) is 97.5 cm³/mol. The van der Waals surface area contributed by atoms with Crippen molar-refractivity contribution in [1.82, 2.24) is 4.90 Å². The summed E-state index contributed by atoms with van der Waals surface area (Å²) in [6.07, 6.45) is 5.11. The molecule has 2 fully saturated rings. The molecule has 1 saturated heterocycles. The molecule has 3 rings (SSSR count). The predicted octanol–water partition coefficient (Wildman–Crippen LogP) is 2.26. The third-order valence-electron chi connectivity index (χ3n) is 5.35. The van der Waals surface area contributed by atoms with Crippen molar-refractivity contribution in [2.75, 3.05) is 26.3 Å². The lowest BCUT2D eigenvalue weighted by Gasteiger charge is -2.42. The smallest absolute Gasteiger partial charge is 0.223 e. The molecule has 1 aliphatic heterocycles. The van der Waals surface area contributed by atoms with Gasteiger partial charge in [-0.2, -0.15) is 0 Å². The number of ether oxygens (including phenoxy) is 2. The molecule has 0 bridgehead atoms. The highest BCUT2D eigenvalue weighted by Gasteiger charge is 2.41. The minimum absolute atomic E-state index is 0.0403. The van der Waals surface area contributed by atoms with Crippen LogP contribution in [0.4, 0.5) is 4.39 Å². The van der Waals surface area contributed by atoms with E-state index in [1.54, 1.807) is 4.90 Å².